The number of aromatic nitrogens is 2. The number of benzene rings is 2. The topological polar surface area (TPSA) is 84.4 Å². The van der Waals surface area contributed by atoms with Crippen LogP contribution in [0.25, 0.3) is 11.3 Å². The SMILES string of the molecule is O=C(O)CC1COc2cc(OCc3cc(-c4ccccc4)[nH]n3)ccc21. The van der Waals surface area contributed by atoms with Gasteiger partial charge in [-0.15, -0.1) is 0 Å². The van der Waals surface area contributed by atoms with Crippen molar-refractivity contribution in [3.8, 4) is 22.8 Å². The molecule has 2 heterocycles. The van der Waals surface area contributed by atoms with Crippen LogP contribution < -0.4 is 9.47 Å². The van der Waals surface area contributed by atoms with Gasteiger partial charge in [0.25, 0.3) is 0 Å². The second-order valence-electron chi connectivity index (χ2n) is 6.23. The Balaban J connectivity index is 1.42. The van der Waals surface area contributed by atoms with Crippen molar-refractivity contribution in [2.45, 2.75) is 18.9 Å². The number of H-pyrrole nitrogens is 1. The minimum Gasteiger partial charge on any atom is -0.492 e. The van der Waals surface area contributed by atoms with E-state index in [0.717, 1.165) is 22.5 Å². The Morgan fingerprint density at radius 1 is 1.23 bits per heavy atom. The zero-order valence-corrected chi connectivity index (χ0v) is 14.0. The van der Waals surface area contributed by atoms with Crippen molar-refractivity contribution in [3.05, 3.63) is 65.9 Å². The summed E-state index contributed by atoms with van der Waals surface area (Å²) >= 11 is 0. The molecule has 0 fully saturated rings. The van der Waals surface area contributed by atoms with E-state index in [4.69, 9.17) is 14.6 Å². The molecule has 0 radical (unpaired) electrons. The van der Waals surface area contributed by atoms with Gasteiger partial charge in [-0.25, -0.2) is 0 Å². The zero-order chi connectivity index (χ0) is 17.9. The van der Waals surface area contributed by atoms with Gasteiger partial charge in [-0.2, -0.15) is 5.10 Å². The summed E-state index contributed by atoms with van der Waals surface area (Å²) in [5.74, 6) is 0.445. The normalized spacial score (nSPS) is 15.3. The van der Waals surface area contributed by atoms with Crippen LogP contribution in [0.15, 0.2) is 54.6 Å². The molecule has 132 valence electrons. The highest BCUT2D eigenvalue weighted by Gasteiger charge is 2.26. The summed E-state index contributed by atoms with van der Waals surface area (Å²) in [5.41, 5.74) is 3.74. The van der Waals surface area contributed by atoms with Crippen molar-refractivity contribution in [1.82, 2.24) is 10.2 Å². The van der Waals surface area contributed by atoms with Crippen molar-refractivity contribution in [2.24, 2.45) is 0 Å². The van der Waals surface area contributed by atoms with Crippen LogP contribution in [0.5, 0.6) is 11.5 Å². The van der Waals surface area contributed by atoms with Crippen molar-refractivity contribution in [2.75, 3.05) is 6.61 Å². The minimum absolute atomic E-state index is 0.0722. The lowest BCUT2D eigenvalue weighted by molar-refractivity contribution is -0.137. The number of rotatable bonds is 6. The molecule has 0 aliphatic carbocycles. The van der Waals surface area contributed by atoms with E-state index in [0.29, 0.717) is 24.7 Å². The van der Waals surface area contributed by atoms with E-state index in [-0.39, 0.29) is 12.3 Å². The number of aliphatic carboxylic acids is 1. The maximum absolute atomic E-state index is 10.9. The van der Waals surface area contributed by atoms with E-state index in [1.54, 1.807) is 0 Å². The Morgan fingerprint density at radius 3 is 2.88 bits per heavy atom. The molecule has 1 aliphatic rings. The molecule has 1 aliphatic heterocycles. The van der Waals surface area contributed by atoms with Crippen LogP contribution in [0.2, 0.25) is 0 Å². The number of nitrogens with one attached hydrogen (secondary N) is 1. The van der Waals surface area contributed by atoms with Gasteiger partial charge in [-0.1, -0.05) is 36.4 Å². The van der Waals surface area contributed by atoms with Crippen molar-refractivity contribution in [3.63, 3.8) is 0 Å². The van der Waals surface area contributed by atoms with Gasteiger partial charge >= 0.3 is 5.97 Å². The van der Waals surface area contributed by atoms with Crippen molar-refractivity contribution >= 4 is 5.97 Å². The van der Waals surface area contributed by atoms with Gasteiger partial charge < -0.3 is 14.6 Å². The first-order valence-corrected chi connectivity index (χ1v) is 8.40. The fourth-order valence-corrected chi connectivity index (χ4v) is 3.09. The second kappa shape index (κ2) is 6.92. The summed E-state index contributed by atoms with van der Waals surface area (Å²) in [7, 11) is 0. The molecule has 2 N–H and O–H groups in total. The lowest BCUT2D eigenvalue weighted by atomic mass is 9.98. The molecule has 0 saturated carbocycles. The standard InChI is InChI=1S/C20H18N2O4/c23-20(24)8-14-11-26-19-10-16(6-7-17(14)19)25-12-15-9-18(22-21-15)13-4-2-1-3-5-13/h1-7,9-10,14H,8,11-12H2,(H,21,22)(H,23,24). The molecular weight excluding hydrogens is 332 g/mol. The summed E-state index contributed by atoms with van der Waals surface area (Å²) in [6.07, 6.45) is 0.0722. The first-order valence-electron chi connectivity index (χ1n) is 8.40. The fraction of sp³-hybridized carbons (Fsp3) is 0.200. The number of carboxylic acids is 1. The van der Waals surface area contributed by atoms with Gasteiger partial charge in [0.2, 0.25) is 0 Å². The monoisotopic (exact) mass is 350 g/mol. The Hall–Kier alpha value is -3.28. The number of hydrogen-bond donors (Lipinski definition) is 2. The van der Waals surface area contributed by atoms with Crippen LogP contribution in [0.1, 0.15) is 23.6 Å². The molecule has 26 heavy (non-hydrogen) atoms. The quantitative estimate of drug-likeness (QED) is 0.709. The third-order valence-electron chi connectivity index (χ3n) is 4.39. The van der Waals surface area contributed by atoms with Gasteiger partial charge in [0.1, 0.15) is 23.8 Å². The fourth-order valence-electron chi connectivity index (χ4n) is 3.09. The van der Waals surface area contributed by atoms with Crippen LogP contribution in [-0.2, 0) is 11.4 Å². The van der Waals surface area contributed by atoms with Gasteiger partial charge in [0, 0.05) is 17.5 Å². The Morgan fingerprint density at radius 2 is 2.08 bits per heavy atom. The summed E-state index contributed by atoms with van der Waals surface area (Å²) < 4.78 is 11.4. The van der Waals surface area contributed by atoms with E-state index < -0.39 is 5.97 Å². The summed E-state index contributed by atoms with van der Waals surface area (Å²) in [4.78, 5) is 10.9. The van der Waals surface area contributed by atoms with E-state index >= 15 is 0 Å². The summed E-state index contributed by atoms with van der Waals surface area (Å²) in [6, 6.07) is 17.5. The number of carboxylic acid groups (broad SMARTS) is 1. The number of carbonyl (C=O) groups is 1. The maximum atomic E-state index is 10.9. The Bertz CT molecular complexity index is 921. The predicted octanol–water partition coefficient (Wildman–Crippen LogP) is 3.61. The highest BCUT2D eigenvalue weighted by molar-refractivity contribution is 5.68. The minimum atomic E-state index is -0.820. The highest BCUT2D eigenvalue weighted by Crippen LogP contribution is 2.38. The van der Waals surface area contributed by atoms with E-state index in [1.807, 2.05) is 54.6 Å². The van der Waals surface area contributed by atoms with Crippen LogP contribution >= 0.6 is 0 Å². The first-order chi connectivity index (χ1) is 12.7. The van der Waals surface area contributed by atoms with Crippen LogP contribution in [0.4, 0.5) is 0 Å². The molecule has 0 bridgehead atoms. The largest absolute Gasteiger partial charge is 0.492 e. The second-order valence-corrected chi connectivity index (χ2v) is 6.23. The van der Waals surface area contributed by atoms with Crippen molar-refractivity contribution in [1.29, 1.82) is 0 Å². The molecule has 1 atom stereocenters. The summed E-state index contributed by atoms with van der Waals surface area (Å²) in [6.45, 7) is 0.728. The molecule has 6 nitrogen and oxygen atoms in total. The average Bonchev–Trinajstić information content (AvgIpc) is 3.27. The molecule has 0 amide bonds. The van der Waals surface area contributed by atoms with Gasteiger partial charge in [-0.05, 0) is 17.7 Å². The Labute approximate surface area is 150 Å². The van der Waals surface area contributed by atoms with E-state index in [1.165, 1.54) is 0 Å². The molecule has 0 saturated heterocycles. The van der Waals surface area contributed by atoms with E-state index in [9.17, 15) is 4.79 Å². The third-order valence-corrected chi connectivity index (χ3v) is 4.39. The average molecular weight is 350 g/mol. The molecule has 6 heteroatoms. The van der Waals surface area contributed by atoms with Gasteiger partial charge in [-0.3, -0.25) is 9.89 Å². The summed E-state index contributed by atoms with van der Waals surface area (Å²) in [5, 5.41) is 16.3. The van der Waals surface area contributed by atoms with Crippen molar-refractivity contribution < 1.29 is 19.4 Å². The van der Waals surface area contributed by atoms with Crippen LogP contribution in [0.3, 0.4) is 0 Å². The lowest BCUT2D eigenvalue weighted by Crippen LogP contribution is -2.07. The molecule has 2 aromatic carbocycles. The number of ether oxygens (including phenoxy) is 2. The predicted molar refractivity (Wildman–Crippen MR) is 95.3 cm³/mol. The van der Waals surface area contributed by atoms with Crippen LogP contribution in [-0.4, -0.2) is 27.9 Å². The van der Waals surface area contributed by atoms with Gasteiger partial charge in [0.15, 0.2) is 0 Å². The molecule has 1 aromatic heterocycles. The molecule has 0 spiro atoms. The molecule has 4 rings (SSSR count). The number of fused-ring (bicyclic) bond motifs is 1. The van der Waals surface area contributed by atoms with Crippen LogP contribution in [0, 0.1) is 0 Å². The number of nitrogens with zero attached hydrogens (tertiary/aromatic N) is 1. The highest BCUT2D eigenvalue weighted by atomic mass is 16.5. The first kappa shape index (κ1) is 16.2. The third kappa shape index (κ3) is 3.39. The number of hydrogen-bond acceptors (Lipinski definition) is 4. The number of aromatic amines is 1. The zero-order valence-electron chi connectivity index (χ0n) is 14.0. The molecule has 1 unspecified atom stereocenters. The lowest BCUT2D eigenvalue weighted by Gasteiger charge is -2.07. The smallest absolute Gasteiger partial charge is 0.304 e. The maximum Gasteiger partial charge on any atom is 0.304 e. The molecule has 3 aromatic rings. The Kier molecular flexibility index (Phi) is 4.31. The van der Waals surface area contributed by atoms with E-state index in [2.05, 4.69) is 10.2 Å². The van der Waals surface area contributed by atoms with Gasteiger partial charge in [0.05, 0.1) is 18.7 Å². The molecular formula is C20H18N2O4.